The predicted octanol–water partition coefficient (Wildman–Crippen LogP) is 5.71. The molecule has 0 aliphatic heterocycles. The summed E-state index contributed by atoms with van der Waals surface area (Å²) < 4.78 is 38.6. The van der Waals surface area contributed by atoms with Gasteiger partial charge in [-0.1, -0.05) is 18.2 Å². The molecule has 0 unspecified atom stereocenters. The molecule has 1 amide bonds. The van der Waals surface area contributed by atoms with Crippen LogP contribution in [-0.2, 0) is 6.18 Å². The van der Waals surface area contributed by atoms with E-state index in [-0.39, 0.29) is 17.2 Å². The molecule has 0 aliphatic carbocycles. The second-order valence-corrected chi connectivity index (χ2v) is 6.37. The van der Waals surface area contributed by atoms with E-state index < -0.39 is 11.7 Å². The largest absolute Gasteiger partial charge is 0.416 e. The van der Waals surface area contributed by atoms with Gasteiger partial charge in [0, 0.05) is 17.6 Å². The number of hydrogen-bond acceptors (Lipinski definition) is 3. The Labute approximate surface area is 160 Å². The van der Waals surface area contributed by atoms with Gasteiger partial charge in [0.25, 0.3) is 5.91 Å². The number of aryl methyl sites for hydroxylation is 1. The highest BCUT2D eigenvalue weighted by molar-refractivity contribution is 6.05. The summed E-state index contributed by atoms with van der Waals surface area (Å²) in [6, 6.07) is 12.0. The molecule has 0 saturated heterocycles. The summed E-state index contributed by atoms with van der Waals surface area (Å²) in [6.07, 6.45) is -1.59. The number of carbonyl (C=O) groups excluding carboxylic acids is 1. The highest BCUT2D eigenvalue weighted by atomic mass is 19.4. The summed E-state index contributed by atoms with van der Waals surface area (Å²) in [5, 5.41) is 5.69. The number of benzene rings is 2. The summed E-state index contributed by atoms with van der Waals surface area (Å²) in [4.78, 5) is 16.5. The lowest BCUT2D eigenvalue weighted by Gasteiger charge is -2.12. The maximum absolute atomic E-state index is 12.9. The Morgan fingerprint density at radius 3 is 2.46 bits per heavy atom. The van der Waals surface area contributed by atoms with E-state index in [1.54, 1.807) is 6.07 Å². The van der Waals surface area contributed by atoms with Crippen LogP contribution in [0.5, 0.6) is 0 Å². The number of carbonyl (C=O) groups is 1. The minimum atomic E-state index is -4.43. The normalized spacial score (nSPS) is 11.2. The molecule has 1 heterocycles. The number of anilines is 3. The zero-order valence-electron chi connectivity index (χ0n) is 15.3. The van der Waals surface area contributed by atoms with E-state index in [1.165, 1.54) is 30.6 Å². The van der Waals surface area contributed by atoms with Crippen LogP contribution in [0.1, 0.15) is 27.0 Å². The standard InChI is InChI=1S/C21H18F3N3O/c1-13-5-3-8-19(14(13)2)27-20(28)15-9-18(12-25-11-15)26-17-7-4-6-16(10-17)21(22,23)24/h3-12,26H,1-2H3,(H,27,28). The number of nitrogens with one attached hydrogen (secondary N) is 2. The van der Waals surface area contributed by atoms with Crippen LogP contribution in [0.2, 0.25) is 0 Å². The van der Waals surface area contributed by atoms with E-state index in [2.05, 4.69) is 15.6 Å². The van der Waals surface area contributed by atoms with E-state index in [0.717, 1.165) is 23.3 Å². The van der Waals surface area contributed by atoms with Gasteiger partial charge in [-0.15, -0.1) is 0 Å². The summed E-state index contributed by atoms with van der Waals surface area (Å²) in [5.74, 6) is -0.353. The molecule has 2 N–H and O–H groups in total. The maximum Gasteiger partial charge on any atom is 0.416 e. The zero-order valence-corrected chi connectivity index (χ0v) is 15.3. The van der Waals surface area contributed by atoms with Gasteiger partial charge in [-0.2, -0.15) is 13.2 Å². The topological polar surface area (TPSA) is 54.0 Å². The zero-order chi connectivity index (χ0) is 20.3. The maximum atomic E-state index is 12.9. The Balaban J connectivity index is 1.79. The van der Waals surface area contributed by atoms with Gasteiger partial charge >= 0.3 is 6.18 Å². The lowest BCUT2D eigenvalue weighted by molar-refractivity contribution is -0.137. The van der Waals surface area contributed by atoms with Crippen LogP contribution in [0.25, 0.3) is 0 Å². The van der Waals surface area contributed by atoms with Crippen LogP contribution in [0.3, 0.4) is 0 Å². The fourth-order valence-corrected chi connectivity index (χ4v) is 2.65. The first-order valence-electron chi connectivity index (χ1n) is 8.51. The molecule has 0 atom stereocenters. The molecule has 144 valence electrons. The van der Waals surface area contributed by atoms with Crippen LogP contribution in [-0.4, -0.2) is 10.9 Å². The van der Waals surface area contributed by atoms with E-state index in [1.807, 2.05) is 26.0 Å². The number of aromatic nitrogens is 1. The van der Waals surface area contributed by atoms with Crippen molar-refractivity contribution in [3.63, 3.8) is 0 Å². The van der Waals surface area contributed by atoms with Crippen molar-refractivity contribution in [1.29, 1.82) is 0 Å². The Kier molecular flexibility index (Phi) is 5.35. The molecule has 2 aromatic carbocycles. The summed E-state index contributed by atoms with van der Waals surface area (Å²) in [7, 11) is 0. The van der Waals surface area contributed by atoms with Gasteiger partial charge in [-0.3, -0.25) is 9.78 Å². The van der Waals surface area contributed by atoms with E-state index in [0.29, 0.717) is 11.4 Å². The minimum absolute atomic E-state index is 0.253. The molecule has 3 aromatic rings. The minimum Gasteiger partial charge on any atom is -0.354 e. The van der Waals surface area contributed by atoms with Crippen molar-refractivity contribution in [2.24, 2.45) is 0 Å². The number of amides is 1. The fraction of sp³-hybridized carbons (Fsp3) is 0.143. The molecule has 7 heteroatoms. The van der Waals surface area contributed by atoms with Crippen molar-refractivity contribution in [2.75, 3.05) is 10.6 Å². The van der Waals surface area contributed by atoms with Crippen molar-refractivity contribution >= 4 is 23.0 Å². The molecule has 0 aliphatic rings. The second-order valence-electron chi connectivity index (χ2n) is 6.37. The first-order chi connectivity index (χ1) is 13.2. The van der Waals surface area contributed by atoms with Crippen molar-refractivity contribution < 1.29 is 18.0 Å². The average molecular weight is 385 g/mol. The Morgan fingerprint density at radius 2 is 1.71 bits per heavy atom. The van der Waals surface area contributed by atoms with Crippen molar-refractivity contribution in [3.8, 4) is 0 Å². The van der Waals surface area contributed by atoms with Crippen LogP contribution in [0.4, 0.5) is 30.2 Å². The Hall–Kier alpha value is -3.35. The van der Waals surface area contributed by atoms with Crippen molar-refractivity contribution in [2.45, 2.75) is 20.0 Å². The van der Waals surface area contributed by atoms with Crippen molar-refractivity contribution in [1.82, 2.24) is 4.98 Å². The molecule has 4 nitrogen and oxygen atoms in total. The molecule has 0 fully saturated rings. The third-order valence-electron chi connectivity index (χ3n) is 4.33. The van der Waals surface area contributed by atoms with Crippen LogP contribution < -0.4 is 10.6 Å². The van der Waals surface area contributed by atoms with Gasteiger partial charge in [-0.25, -0.2) is 0 Å². The highest BCUT2D eigenvalue weighted by Gasteiger charge is 2.30. The van der Waals surface area contributed by atoms with Crippen molar-refractivity contribution in [3.05, 3.63) is 83.2 Å². The quantitative estimate of drug-likeness (QED) is 0.605. The van der Waals surface area contributed by atoms with Gasteiger partial charge in [0.1, 0.15) is 0 Å². The number of nitrogens with zero attached hydrogens (tertiary/aromatic N) is 1. The predicted molar refractivity (Wildman–Crippen MR) is 103 cm³/mol. The number of halogens is 3. The molecule has 0 saturated carbocycles. The third kappa shape index (κ3) is 4.49. The molecule has 1 aromatic heterocycles. The smallest absolute Gasteiger partial charge is 0.354 e. The molecule has 3 rings (SSSR count). The summed E-state index contributed by atoms with van der Waals surface area (Å²) in [5.41, 5.74) is 2.91. The first-order valence-corrected chi connectivity index (χ1v) is 8.51. The SMILES string of the molecule is Cc1cccc(NC(=O)c2cncc(Nc3cccc(C(F)(F)F)c3)c2)c1C. The molecule has 0 radical (unpaired) electrons. The van der Waals surface area contributed by atoms with Gasteiger partial charge in [-0.05, 0) is 55.3 Å². The van der Waals surface area contributed by atoms with Crippen LogP contribution >= 0.6 is 0 Å². The highest BCUT2D eigenvalue weighted by Crippen LogP contribution is 2.31. The summed E-state index contributed by atoms with van der Waals surface area (Å²) in [6.45, 7) is 3.86. The first kappa shape index (κ1) is 19.4. The molecule has 0 bridgehead atoms. The molecule has 0 spiro atoms. The Morgan fingerprint density at radius 1 is 0.964 bits per heavy atom. The number of pyridine rings is 1. The average Bonchev–Trinajstić information content (AvgIpc) is 2.65. The third-order valence-corrected chi connectivity index (χ3v) is 4.33. The van der Waals surface area contributed by atoms with Gasteiger partial charge in [0.2, 0.25) is 0 Å². The lowest BCUT2D eigenvalue weighted by Crippen LogP contribution is -2.13. The van der Waals surface area contributed by atoms with Crippen LogP contribution in [0.15, 0.2) is 60.9 Å². The fourth-order valence-electron chi connectivity index (χ4n) is 2.65. The summed E-state index contributed by atoms with van der Waals surface area (Å²) >= 11 is 0. The molecular formula is C21H18F3N3O. The van der Waals surface area contributed by atoms with Crippen LogP contribution in [0, 0.1) is 13.8 Å². The number of alkyl halides is 3. The van der Waals surface area contributed by atoms with Gasteiger partial charge in [0.15, 0.2) is 0 Å². The van der Waals surface area contributed by atoms with Gasteiger partial charge < -0.3 is 10.6 Å². The Bertz CT molecular complexity index is 1020. The number of hydrogen-bond donors (Lipinski definition) is 2. The second kappa shape index (κ2) is 7.72. The number of rotatable bonds is 4. The van der Waals surface area contributed by atoms with E-state index in [4.69, 9.17) is 0 Å². The monoisotopic (exact) mass is 385 g/mol. The van der Waals surface area contributed by atoms with E-state index in [9.17, 15) is 18.0 Å². The van der Waals surface area contributed by atoms with Gasteiger partial charge in [0.05, 0.1) is 23.0 Å². The molecular weight excluding hydrogens is 367 g/mol. The molecule has 28 heavy (non-hydrogen) atoms. The lowest BCUT2D eigenvalue weighted by atomic mass is 10.1. The van der Waals surface area contributed by atoms with E-state index >= 15 is 0 Å².